The number of para-hydroxylation sites is 1. The first-order chi connectivity index (χ1) is 19.4. The highest BCUT2D eigenvalue weighted by molar-refractivity contribution is 5.77. The minimum absolute atomic E-state index is 0.694. The van der Waals surface area contributed by atoms with Crippen molar-refractivity contribution >= 4 is 5.69 Å². The Hall–Kier alpha value is -5.02. The molecular formula is C36H27N3. The number of rotatable bonds is 5. The van der Waals surface area contributed by atoms with Crippen LogP contribution in [0.15, 0.2) is 164 Å². The Kier molecular flexibility index (Phi) is 5.56. The predicted octanol–water partition coefficient (Wildman–Crippen LogP) is 7.58. The molecule has 0 bridgehead atoms. The molecule has 1 aromatic heterocycles. The van der Waals surface area contributed by atoms with Gasteiger partial charge in [-0.2, -0.15) is 10.2 Å². The average molecular weight is 502 g/mol. The number of hydrogen-bond acceptors (Lipinski definition) is 3. The lowest BCUT2D eigenvalue weighted by atomic mass is 9.77. The van der Waals surface area contributed by atoms with E-state index in [9.17, 15) is 0 Å². The van der Waals surface area contributed by atoms with Gasteiger partial charge in [0.15, 0.2) is 0 Å². The molecule has 0 amide bonds. The van der Waals surface area contributed by atoms with Gasteiger partial charge in [-0.15, -0.1) is 0 Å². The third-order valence-electron chi connectivity index (χ3n) is 7.96. The Bertz CT molecular complexity index is 1500. The number of nitrogens with zero attached hydrogens (tertiary/aromatic N) is 3. The van der Waals surface area contributed by atoms with Crippen LogP contribution in [0.2, 0.25) is 0 Å². The molecule has 3 nitrogen and oxygen atoms in total. The molecular weight excluding hydrogens is 474 g/mol. The van der Waals surface area contributed by atoms with Gasteiger partial charge >= 0.3 is 0 Å². The number of hydrogen-bond donors (Lipinski definition) is 0. The van der Waals surface area contributed by atoms with Crippen LogP contribution in [-0.2, 0) is 11.1 Å². The first-order valence-corrected chi connectivity index (χ1v) is 13.3. The Balaban J connectivity index is 1.74. The first-order valence-electron chi connectivity index (χ1n) is 13.3. The van der Waals surface area contributed by atoms with Crippen LogP contribution in [0.3, 0.4) is 0 Å². The van der Waals surface area contributed by atoms with Crippen LogP contribution in [0.5, 0.6) is 0 Å². The highest BCUT2D eigenvalue weighted by Gasteiger charge is 2.62. The summed E-state index contributed by atoms with van der Waals surface area (Å²) in [5, 5.41) is 9.01. The molecule has 1 aliphatic rings. The van der Waals surface area contributed by atoms with Crippen LogP contribution in [0.25, 0.3) is 0 Å². The van der Waals surface area contributed by atoms with Crippen molar-refractivity contribution in [3.8, 4) is 0 Å². The van der Waals surface area contributed by atoms with E-state index in [4.69, 9.17) is 0 Å². The van der Waals surface area contributed by atoms with Gasteiger partial charge in [-0.25, -0.2) is 0 Å². The second-order valence-corrected chi connectivity index (χ2v) is 9.87. The van der Waals surface area contributed by atoms with E-state index in [0.29, 0.717) is 0 Å². The number of benzene rings is 5. The van der Waals surface area contributed by atoms with E-state index in [2.05, 4.69) is 167 Å². The molecule has 2 heterocycles. The van der Waals surface area contributed by atoms with E-state index in [1.165, 1.54) is 22.3 Å². The smallest absolute Gasteiger partial charge is 0.120 e. The molecule has 0 saturated carbocycles. The van der Waals surface area contributed by atoms with Gasteiger partial charge in [-0.05, 0) is 34.4 Å². The maximum Gasteiger partial charge on any atom is 0.120 e. The lowest BCUT2D eigenvalue weighted by molar-refractivity contribution is 0.496. The zero-order chi connectivity index (χ0) is 26.1. The van der Waals surface area contributed by atoms with Crippen molar-refractivity contribution in [2.45, 2.75) is 11.1 Å². The second-order valence-electron chi connectivity index (χ2n) is 9.87. The minimum atomic E-state index is -0.694. The maximum atomic E-state index is 4.51. The zero-order valence-electron chi connectivity index (χ0n) is 21.4. The minimum Gasteiger partial charge on any atom is -0.335 e. The van der Waals surface area contributed by atoms with Crippen LogP contribution < -0.4 is 4.90 Å². The molecule has 5 aromatic carbocycles. The molecule has 39 heavy (non-hydrogen) atoms. The largest absolute Gasteiger partial charge is 0.335 e. The molecule has 3 heteroatoms. The summed E-state index contributed by atoms with van der Waals surface area (Å²) in [6.45, 7) is 0. The van der Waals surface area contributed by atoms with Crippen LogP contribution in [-0.4, -0.2) is 10.2 Å². The fourth-order valence-corrected chi connectivity index (χ4v) is 6.54. The molecule has 0 saturated heterocycles. The van der Waals surface area contributed by atoms with Gasteiger partial charge in [0.1, 0.15) is 11.1 Å². The molecule has 0 aliphatic carbocycles. The summed E-state index contributed by atoms with van der Waals surface area (Å²) in [7, 11) is 0. The highest BCUT2D eigenvalue weighted by atomic mass is 15.3. The van der Waals surface area contributed by atoms with Gasteiger partial charge in [-0.1, -0.05) is 140 Å². The molecule has 0 radical (unpaired) electrons. The predicted molar refractivity (Wildman–Crippen MR) is 156 cm³/mol. The van der Waals surface area contributed by atoms with E-state index < -0.39 is 11.1 Å². The Labute approximate surface area is 229 Å². The summed E-state index contributed by atoms with van der Waals surface area (Å²) >= 11 is 0. The van der Waals surface area contributed by atoms with Crippen LogP contribution in [0, 0.1) is 0 Å². The third-order valence-corrected chi connectivity index (χ3v) is 7.96. The number of anilines is 1. The topological polar surface area (TPSA) is 29.0 Å². The van der Waals surface area contributed by atoms with Gasteiger partial charge in [0.05, 0.1) is 12.4 Å². The Morgan fingerprint density at radius 3 is 0.949 bits per heavy atom. The molecule has 0 spiro atoms. The van der Waals surface area contributed by atoms with E-state index in [1.807, 2.05) is 12.4 Å². The quantitative estimate of drug-likeness (QED) is 0.244. The second kappa shape index (κ2) is 9.38. The van der Waals surface area contributed by atoms with E-state index in [-0.39, 0.29) is 0 Å². The van der Waals surface area contributed by atoms with Gasteiger partial charge in [-0.3, -0.25) is 0 Å². The van der Waals surface area contributed by atoms with Crippen LogP contribution >= 0.6 is 0 Å². The summed E-state index contributed by atoms with van der Waals surface area (Å²) in [5.41, 5.74) is 6.63. The maximum absolute atomic E-state index is 4.51. The SMILES string of the molecule is c1ccc(N2C(c3ccccc3)(c3ccccc3)c3cnncc3C2(c2ccccc2)c2ccccc2)cc1. The van der Waals surface area contributed by atoms with Crippen molar-refractivity contribution in [3.63, 3.8) is 0 Å². The van der Waals surface area contributed by atoms with Crippen molar-refractivity contribution in [1.29, 1.82) is 0 Å². The molecule has 1 aliphatic heterocycles. The number of aromatic nitrogens is 2. The van der Waals surface area contributed by atoms with Crippen LogP contribution in [0.1, 0.15) is 33.4 Å². The average Bonchev–Trinajstić information content (AvgIpc) is 3.32. The monoisotopic (exact) mass is 501 g/mol. The normalized spacial score (nSPS) is 15.0. The summed E-state index contributed by atoms with van der Waals surface area (Å²) in [6, 6.07) is 54.0. The molecule has 6 aromatic rings. The van der Waals surface area contributed by atoms with Crippen molar-refractivity contribution in [2.75, 3.05) is 4.90 Å². The van der Waals surface area contributed by atoms with Gasteiger partial charge < -0.3 is 4.90 Å². The van der Waals surface area contributed by atoms with Crippen LogP contribution in [0.4, 0.5) is 5.69 Å². The summed E-state index contributed by atoms with van der Waals surface area (Å²) in [6.07, 6.45) is 3.94. The van der Waals surface area contributed by atoms with E-state index >= 15 is 0 Å². The van der Waals surface area contributed by atoms with E-state index in [1.54, 1.807) is 0 Å². The van der Waals surface area contributed by atoms with Crippen molar-refractivity contribution in [1.82, 2.24) is 10.2 Å². The molecule has 0 N–H and O–H groups in total. The van der Waals surface area contributed by atoms with Crippen molar-refractivity contribution < 1.29 is 0 Å². The zero-order valence-corrected chi connectivity index (χ0v) is 21.4. The molecule has 7 rings (SSSR count). The summed E-state index contributed by atoms with van der Waals surface area (Å²) < 4.78 is 0. The molecule has 186 valence electrons. The summed E-state index contributed by atoms with van der Waals surface area (Å²) in [5.74, 6) is 0. The summed E-state index contributed by atoms with van der Waals surface area (Å²) in [4.78, 5) is 2.60. The lowest BCUT2D eigenvalue weighted by Crippen LogP contribution is -2.54. The Morgan fingerprint density at radius 1 is 0.359 bits per heavy atom. The Morgan fingerprint density at radius 2 is 0.641 bits per heavy atom. The van der Waals surface area contributed by atoms with Gasteiger partial charge in [0.2, 0.25) is 0 Å². The fraction of sp³-hybridized carbons (Fsp3) is 0.0556. The third kappa shape index (κ3) is 3.30. The van der Waals surface area contributed by atoms with E-state index in [0.717, 1.165) is 16.8 Å². The standard InChI is InChI=1S/C36H27N3/c1-6-16-28(17-7-1)35(29-18-8-2-9-19-29)33-26-37-38-27-34(33)36(30-20-10-3-11-21-30,31-22-12-4-13-23-31)39(35)32-24-14-5-15-25-32/h1-27H. The molecule has 0 fully saturated rings. The van der Waals surface area contributed by atoms with Gasteiger partial charge in [0, 0.05) is 16.8 Å². The molecule has 0 unspecified atom stereocenters. The number of fused-ring (bicyclic) bond motifs is 1. The molecule has 0 atom stereocenters. The van der Waals surface area contributed by atoms with Crippen molar-refractivity contribution in [3.05, 3.63) is 197 Å². The highest BCUT2D eigenvalue weighted by Crippen LogP contribution is 2.61. The fourth-order valence-electron chi connectivity index (χ4n) is 6.54. The lowest BCUT2D eigenvalue weighted by Gasteiger charge is -2.50. The van der Waals surface area contributed by atoms with Gasteiger partial charge in [0.25, 0.3) is 0 Å². The first kappa shape index (κ1) is 23.1. The van der Waals surface area contributed by atoms with Crippen molar-refractivity contribution in [2.24, 2.45) is 0 Å².